The van der Waals surface area contributed by atoms with Gasteiger partial charge in [0.1, 0.15) is 5.69 Å². The second kappa shape index (κ2) is 5.63. The molecule has 2 rings (SSSR count). The van der Waals surface area contributed by atoms with Gasteiger partial charge in [0.15, 0.2) is 10.9 Å². The van der Waals surface area contributed by atoms with Crippen molar-refractivity contribution in [3.05, 3.63) is 45.4 Å². The number of anilines is 1. The molecule has 0 atom stereocenters. The van der Waals surface area contributed by atoms with Gasteiger partial charge in [-0.25, -0.2) is 4.98 Å². The number of hydrogen-bond donors (Lipinski definition) is 0. The van der Waals surface area contributed by atoms with Crippen molar-refractivity contribution in [2.75, 3.05) is 11.9 Å². The minimum atomic E-state index is 0.00883. The number of hydrogen-bond acceptors (Lipinski definition) is 4. The lowest BCUT2D eigenvalue weighted by Crippen LogP contribution is -2.16. The number of Topliss-reactive ketones (excluding diaryl/α,β-unsaturated/α-hetero) is 1. The van der Waals surface area contributed by atoms with E-state index in [0.717, 1.165) is 16.1 Å². The maximum absolute atomic E-state index is 11.2. The van der Waals surface area contributed by atoms with E-state index in [1.165, 1.54) is 23.8 Å². The third kappa shape index (κ3) is 3.17. The summed E-state index contributed by atoms with van der Waals surface area (Å²) in [6.07, 6.45) is 0. The minimum absolute atomic E-state index is 0.00883. The Labute approximate surface area is 119 Å². The fourth-order valence-corrected chi connectivity index (χ4v) is 2.63. The molecule has 0 spiro atoms. The van der Waals surface area contributed by atoms with Crippen LogP contribution in [-0.4, -0.2) is 17.8 Å². The second-order valence-corrected chi connectivity index (χ2v) is 5.81. The van der Waals surface area contributed by atoms with Crippen LogP contribution in [0.25, 0.3) is 0 Å². The molecule has 94 valence electrons. The van der Waals surface area contributed by atoms with Gasteiger partial charge in [-0.15, -0.1) is 11.3 Å². The maximum Gasteiger partial charge on any atom is 0.186 e. The molecule has 0 aliphatic heterocycles. The van der Waals surface area contributed by atoms with E-state index in [-0.39, 0.29) is 5.78 Å². The summed E-state index contributed by atoms with van der Waals surface area (Å²) in [6.45, 7) is 2.31. The van der Waals surface area contributed by atoms with Crippen molar-refractivity contribution in [1.29, 1.82) is 0 Å². The van der Waals surface area contributed by atoms with E-state index in [9.17, 15) is 4.79 Å². The van der Waals surface area contributed by atoms with Crippen LogP contribution in [0.1, 0.15) is 23.0 Å². The third-order valence-corrected chi connectivity index (χ3v) is 4.00. The normalized spacial score (nSPS) is 10.4. The summed E-state index contributed by atoms with van der Waals surface area (Å²) in [6, 6.07) is 8.18. The van der Waals surface area contributed by atoms with Gasteiger partial charge < -0.3 is 4.90 Å². The predicted octanol–water partition coefficient (Wildman–Crippen LogP) is 3.74. The zero-order valence-corrected chi connectivity index (χ0v) is 12.6. The standard InChI is InChI=1S/C13H13BrN2OS/c1-9(17)12-8-18-13(15-12)16(2)7-10-3-5-11(14)6-4-10/h3-6,8H,7H2,1-2H3. The number of carbonyl (C=O) groups excluding carboxylic acids is 1. The fraction of sp³-hybridized carbons (Fsp3) is 0.231. The summed E-state index contributed by atoms with van der Waals surface area (Å²) in [4.78, 5) is 17.5. The van der Waals surface area contributed by atoms with Crippen molar-refractivity contribution in [3.8, 4) is 0 Å². The molecular formula is C13H13BrN2OS. The summed E-state index contributed by atoms with van der Waals surface area (Å²) >= 11 is 4.91. The molecule has 0 bridgehead atoms. The first-order valence-electron chi connectivity index (χ1n) is 5.48. The number of rotatable bonds is 4. The Morgan fingerprint density at radius 2 is 2.06 bits per heavy atom. The first-order chi connectivity index (χ1) is 8.56. The average Bonchev–Trinajstić information content (AvgIpc) is 2.81. The van der Waals surface area contributed by atoms with E-state index in [4.69, 9.17) is 0 Å². The molecule has 0 fully saturated rings. The maximum atomic E-state index is 11.2. The van der Waals surface area contributed by atoms with Gasteiger partial charge >= 0.3 is 0 Å². The molecule has 0 aliphatic carbocycles. The molecule has 1 heterocycles. The van der Waals surface area contributed by atoms with Crippen LogP contribution in [-0.2, 0) is 6.54 Å². The Bertz CT molecular complexity index is 550. The Morgan fingerprint density at radius 3 is 2.61 bits per heavy atom. The van der Waals surface area contributed by atoms with Crippen molar-refractivity contribution in [1.82, 2.24) is 4.98 Å². The van der Waals surface area contributed by atoms with Crippen molar-refractivity contribution in [3.63, 3.8) is 0 Å². The molecule has 0 amide bonds. The molecule has 18 heavy (non-hydrogen) atoms. The highest BCUT2D eigenvalue weighted by atomic mass is 79.9. The van der Waals surface area contributed by atoms with Gasteiger partial charge in [0, 0.05) is 30.4 Å². The fourth-order valence-electron chi connectivity index (χ4n) is 1.53. The lowest BCUT2D eigenvalue weighted by Gasteiger charge is -2.15. The predicted molar refractivity (Wildman–Crippen MR) is 78.4 cm³/mol. The van der Waals surface area contributed by atoms with Gasteiger partial charge in [0.25, 0.3) is 0 Å². The lowest BCUT2D eigenvalue weighted by atomic mass is 10.2. The van der Waals surface area contributed by atoms with E-state index in [0.29, 0.717) is 5.69 Å². The molecule has 0 N–H and O–H groups in total. The summed E-state index contributed by atoms with van der Waals surface area (Å²) in [7, 11) is 1.98. The van der Waals surface area contributed by atoms with Gasteiger partial charge in [0.05, 0.1) is 0 Å². The molecule has 0 saturated carbocycles. The van der Waals surface area contributed by atoms with Crippen molar-refractivity contribution >= 4 is 38.2 Å². The molecule has 1 aromatic heterocycles. The molecule has 5 heteroatoms. The number of nitrogens with zero attached hydrogens (tertiary/aromatic N) is 2. The van der Waals surface area contributed by atoms with E-state index in [1.807, 2.05) is 24.1 Å². The van der Waals surface area contributed by atoms with Crippen LogP contribution in [0.5, 0.6) is 0 Å². The number of halogens is 1. The second-order valence-electron chi connectivity index (χ2n) is 4.05. The zero-order chi connectivity index (χ0) is 13.1. The summed E-state index contributed by atoms with van der Waals surface area (Å²) in [5, 5.41) is 2.67. The molecule has 3 nitrogen and oxygen atoms in total. The van der Waals surface area contributed by atoms with Gasteiger partial charge in [-0.05, 0) is 17.7 Å². The topological polar surface area (TPSA) is 33.2 Å². The number of benzene rings is 1. The van der Waals surface area contributed by atoms with Crippen LogP contribution in [0.3, 0.4) is 0 Å². The number of ketones is 1. The quantitative estimate of drug-likeness (QED) is 0.803. The van der Waals surface area contributed by atoms with Gasteiger partial charge in [0.2, 0.25) is 0 Å². The molecule has 1 aromatic carbocycles. The summed E-state index contributed by atoms with van der Waals surface area (Å²) in [5.74, 6) is 0.00883. The van der Waals surface area contributed by atoms with Gasteiger partial charge in [-0.2, -0.15) is 0 Å². The number of thiazole rings is 1. The monoisotopic (exact) mass is 324 g/mol. The molecule has 2 aromatic rings. The SMILES string of the molecule is CC(=O)c1csc(N(C)Cc2ccc(Br)cc2)n1. The lowest BCUT2D eigenvalue weighted by molar-refractivity contribution is 0.101. The highest BCUT2D eigenvalue weighted by Crippen LogP contribution is 2.21. The highest BCUT2D eigenvalue weighted by molar-refractivity contribution is 9.10. The summed E-state index contributed by atoms with van der Waals surface area (Å²) in [5.41, 5.74) is 1.75. The Morgan fingerprint density at radius 1 is 1.39 bits per heavy atom. The zero-order valence-electron chi connectivity index (χ0n) is 10.2. The smallest absolute Gasteiger partial charge is 0.186 e. The van der Waals surface area contributed by atoms with Crippen LogP contribution in [0, 0.1) is 0 Å². The Hall–Kier alpha value is -1.20. The van der Waals surface area contributed by atoms with Crippen molar-refractivity contribution in [2.45, 2.75) is 13.5 Å². The third-order valence-electron chi connectivity index (χ3n) is 2.51. The van der Waals surface area contributed by atoms with E-state index < -0.39 is 0 Å². The molecule has 0 aliphatic rings. The first kappa shape index (κ1) is 13.2. The first-order valence-corrected chi connectivity index (χ1v) is 7.15. The van der Waals surface area contributed by atoms with Gasteiger partial charge in [-0.1, -0.05) is 28.1 Å². The van der Waals surface area contributed by atoms with Crippen LogP contribution >= 0.6 is 27.3 Å². The minimum Gasteiger partial charge on any atom is -0.347 e. The molecule has 0 radical (unpaired) electrons. The van der Waals surface area contributed by atoms with Crippen molar-refractivity contribution < 1.29 is 4.79 Å². The van der Waals surface area contributed by atoms with E-state index in [2.05, 4.69) is 33.0 Å². The van der Waals surface area contributed by atoms with Crippen LogP contribution in [0.2, 0.25) is 0 Å². The van der Waals surface area contributed by atoms with E-state index >= 15 is 0 Å². The van der Waals surface area contributed by atoms with Crippen LogP contribution < -0.4 is 4.90 Å². The van der Waals surface area contributed by atoms with Gasteiger partial charge in [-0.3, -0.25) is 4.79 Å². The van der Waals surface area contributed by atoms with Crippen LogP contribution in [0.4, 0.5) is 5.13 Å². The summed E-state index contributed by atoms with van der Waals surface area (Å²) < 4.78 is 1.07. The number of carbonyl (C=O) groups is 1. The Balaban J connectivity index is 2.09. The molecule has 0 saturated heterocycles. The van der Waals surface area contributed by atoms with Crippen molar-refractivity contribution in [2.24, 2.45) is 0 Å². The molecule has 0 unspecified atom stereocenters. The van der Waals surface area contributed by atoms with Crippen LogP contribution in [0.15, 0.2) is 34.1 Å². The average molecular weight is 325 g/mol. The molecular weight excluding hydrogens is 312 g/mol. The Kier molecular flexibility index (Phi) is 4.14. The largest absolute Gasteiger partial charge is 0.347 e. The number of aromatic nitrogens is 1. The van der Waals surface area contributed by atoms with E-state index in [1.54, 1.807) is 5.38 Å². The highest BCUT2D eigenvalue weighted by Gasteiger charge is 2.10.